The second-order valence-corrected chi connectivity index (χ2v) is 4.69. The van der Waals surface area contributed by atoms with Crippen LogP contribution in [0.4, 0.5) is 5.69 Å². The number of carbonyl (C=O) groups is 2. The van der Waals surface area contributed by atoms with Gasteiger partial charge in [0.1, 0.15) is 0 Å². The monoisotopic (exact) mass is 283 g/mol. The van der Waals surface area contributed by atoms with Crippen LogP contribution in [0.15, 0.2) is 22.7 Å². The van der Waals surface area contributed by atoms with Crippen LogP contribution >= 0.6 is 15.9 Å². The summed E-state index contributed by atoms with van der Waals surface area (Å²) < 4.78 is 5.80. The number of carbonyl (C=O) groups excluding carboxylic acids is 2. The number of benzene rings is 1. The van der Waals surface area contributed by atoms with E-state index in [1.165, 1.54) is 4.90 Å². The Kier molecular flexibility index (Phi) is 2.50. The Balaban J connectivity index is 2.63. The molecule has 2 rings (SSSR count). The third kappa shape index (κ3) is 1.35. The van der Waals surface area contributed by atoms with E-state index in [1.807, 2.05) is 12.1 Å². The molecular weight excluding hydrogens is 274 g/mol. The molecule has 1 atom stereocenters. The van der Waals surface area contributed by atoms with Gasteiger partial charge in [0.25, 0.3) is 12.4 Å². The fourth-order valence-corrected chi connectivity index (χ4v) is 2.30. The van der Waals surface area contributed by atoms with E-state index >= 15 is 0 Å². The lowest BCUT2D eigenvalue weighted by Crippen LogP contribution is -2.38. The number of nitrogens with zero attached hydrogens (tertiary/aromatic N) is 1. The first-order chi connectivity index (χ1) is 7.50. The summed E-state index contributed by atoms with van der Waals surface area (Å²) in [6, 6.07) is 5.45. The van der Waals surface area contributed by atoms with Crippen LogP contribution in [0.1, 0.15) is 12.5 Å². The van der Waals surface area contributed by atoms with Gasteiger partial charge in [0.15, 0.2) is 0 Å². The Bertz CT molecular complexity index is 474. The molecule has 5 heteroatoms. The van der Waals surface area contributed by atoms with Crippen LogP contribution in [0.25, 0.3) is 0 Å². The molecule has 4 nitrogen and oxygen atoms in total. The molecular formula is C11H10BrNO3. The predicted octanol–water partition coefficient (Wildman–Crippen LogP) is 1.81. The lowest BCUT2D eigenvalue weighted by Gasteiger charge is -2.20. The fraction of sp³-hybridized carbons (Fsp3) is 0.273. The molecule has 0 bridgehead atoms. The van der Waals surface area contributed by atoms with Gasteiger partial charge in [-0.25, -0.2) is 0 Å². The molecule has 1 amide bonds. The molecule has 1 aromatic rings. The number of hydrogen-bond donors (Lipinski definition) is 0. The minimum Gasteiger partial charge on any atom is -0.446 e. The number of fused-ring (bicyclic) bond motifs is 1. The van der Waals surface area contributed by atoms with Crippen molar-refractivity contribution < 1.29 is 14.3 Å². The van der Waals surface area contributed by atoms with Gasteiger partial charge in [-0.2, -0.15) is 0 Å². The SMILES string of the molecule is CN1C(=O)[C@@](C)(OC=O)c2cc(Br)ccc21. The quantitative estimate of drug-likeness (QED) is 0.778. The normalized spacial score (nSPS) is 23.2. The summed E-state index contributed by atoms with van der Waals surface area (Å²) in [6.07, 6.45) is 0. The zero-order valence-corrected chi connectivity index (χ0v) is 10.4. The Morgan fingerprint density at radius 2 is 2.19 bits per heavy atom. The summed E-state index contributed by atoms with van der Waals surface area (Å²) in [5, 5.41) is 0. The van der Waals surface area contributed by atoms with E-state index < -0.39 is 5.60 Å². The highest BCUT2D eigenvalue weighted by Gasteiger charge is 2.48. The van der Waals surface area contributed by atoms with Crippen molar-refractivity contribution in [1.29, 1.82) is 0 Å². The van der Waals surface area contributed by atoms with Crippen LogP contribution in [-0.2, 0) is 19.9 Å². The molecule has 16 heavy (non-hydrogen) atoms. The topological polar surface area (TPSA) is 46.6 Å². The van der Waals surface area contributed by atoms with Gasteiger partial charge in [-0.05, 0) is 25.1 Å². The first-order valence-electron chi connectivity index (χ1n) is 4.70. The number of amides is 1. The minimum absolute atomic E-state index is 0.243. The Morgan fingerprint density at radius 1 is 1.50 bits per heavy atom. The summed E-state index contributed by atoms with van der Waals surface area (Å²) in [7, 11) is 1.66. The van der Waals surface area contributed by atoms with Gasteiger partial charge >= 0.3 is 0 Å². The average molecular weight is 284 g/mol. The van der Waals surface area contributed by atoms with Crippen LogP contribution < -0.4 is 4.90 Å². The van der Waals surface area contributed by atoms with Crippen LogP contribution in [0.5, 0.6) is 0 Å². The number of hydrogen-bond acceptors (Lipinski definition) is 3. The van der Waals surface area contributed by atoms with E-state index in [0.29, 0.717) is 12.0 Å². The standard InChI is InChI=1S/C11H10BrNO3/c1-11(16-6-14)8-5-7(12)3-4-9(8)13(2)10(11)15/h3-6H,1-2H3/t11-/m0/s1. The highest BCUT2D eigenvalue weighted by atomic mass is 79.9. The Hall–Kier alpha value is -1.36. The molecule has 0 aliphatic carbocycles. The Morgan fingerprint density at radius 3 is 2.81 bits per heavy atom. The zero-order chi connectivity index (χ0) is 11.9. The van der Waals surface area contributed by atoms with Crippen LogP contribution in [-0.4, -0.2) is 19.4 Å². The van der Waals surface area contributed by atoms with E-state index in [2.05, 4.69) is 15.9 Å². The second-order valence-electron chi connectivity index (χ2n) is 3.77. The van der Waals surface area contributed by atoms with Crippen molar-refractivity contribution in [2.45, 2.75) is 12.5 Å². The molecule has 0 radical (unpaired) electrons. The van der Waals surface area contributed by atoms with Gasteiger partial charge in [-0.15, -0.1) is 0 Å². The summed E-state index contributed by atoms with van der Waals surface area (Å²) in [5.74, 6) is -0.243. The van der Waals surface area contributed by atoms with Crippen molar-refractivity contribution in [3.63, 3.8) is 0 Å². The third-order valence-corrected chi connectivity index (χ3v) is 3.32. The molecule has 1 aliphatic rings. The van der Waals surface area contributed by atoms with E-state index in [-0.39, 0.29) is 5.91 Å². The maximum Gasteiger partial charge on any atom is 0.294 e. The molecule has 1 aliphatic heterocycles. The highest BCUT2D eigenvalue weighted by molar-refractivity contribution is 9.10. The molecule has 0 saturated carbocycles. The number of halogens is 1. The van der Waals surface area contributed by atoms with Crippen molar-refractivity contribution in [1.82, 2.24) is 0 Å². The molecule has 84 valence electrons. The molecule has 0 N–H and O–H groups in total. The van der Waals surface area contributed by atoms with Crippen LogP contribution in [0.3, 0.4) is 0 Å². The average Bonchev–Trinajstić information content (AvgIpc) is 2.42. The highest BCUT2D eigenvalue weighted by Crippen LogP contribution is 2.42. The van der Waals surface area contributed by atoms with Gasteiger partial charge in [-0.3, -0.25) is 9.59 Å². The van der Waals surface area contributed by atoms with E-state index in [0.717, 1.165) is 10.2 Å². The zero-order valence-electron chi connectivity index (χ0n) is 8.86. The summed E-state index contributed by atoms with van der Waals surface area (Å²) in [6.45, 7) is 1.90. The number of ether oxygens (including phenoxy) is 1. The molecule has 1 heterocycles. The van der Waals surface area contributed by atoms with Crippen LogP contribution in [0, 0.1) is 0 Å². The number of anilines is 1. The fourth-order valence-electron chi connectivity index (χ4n) is 1.94. The minimum atomic E-state index is -1.21. The molecule has 0 aromatic heterocycles. The third-order valence-electron chi connectivity index (χ3n) is 2.83. The van der Waals surface area contributed by atoms with Gasteiger partial charge in [0.2, 0.25) is 5.60 Å². The molecule has 1 aromatic carbocycles. The predicted molar refractivity (Wildman–Crippen MR) is 62.1 cm³/mol. The summed E-state index contributed by atoms with van der Waals surface area (Å²) in [5.41, 5.74) is 0.245. The molecule has 0 unspecified atom stereocenters. The lowest BCUT2D eigenvalue weighted by atomic mass is 9.98. The summed E-state index contributed by atoms with van der Waals surface area (Å²) in [4.78, 5) is 24.0. The van der Waals surface area contributed by atoms with E-state index in [4.69, 9.17) is 4.74 Å². The smallest absolute Gasteiger partial charge is 0.294 e. The maximum atomic E-state index is 12.0. The van der Waals surface area contributed by atoms with Gasteiger partial charge in [0, 0.05) is 17.1 Å². The maximum absolute atomic E-state index is 12.0. The Labute approximate surface area is 101 Å². The second kappa shape index (κ2) is 3.59. The summed E-state index contributed by atoms with van der Waals surface area (Å²) >= 11 is 3.33. The van der Waals surface area contributed by atoms with Gasteiger partial charge in [-0.1, -0.05) is 15.9 Å². The molecule has 0 saturated heterocycles. The first-order valence-corrected chi connectivity index (χ1v) is 5.49. The van der Waals surface area contributed by atoms with Crippen molar-refractivity contribution in [2.24, 2.45) is 0 Å². The first kappa shape index (κ1) is 11.1. The van der Waals surface area contributed by atoms with Gasteiger partial charge < -0.3 is 9.64 Å². The van der Waals surface area contributed by atoms with E-state index in [9.17, 15) is 9.59 Å². The molecule has 0 fully saturated rings. The molecule has 0 spiro atoms. The lowest BCUT2D eigenvalue weighted by molar-refractivity contribution is -0.154. The van der Waals surface area contributed by atoms with Crippen molar-refractivity contribution in [2.75, 3.05) is 11.9 Å². The number of likely N-dealkylation sites (N-methyl/N-ethyl adjacent to an activating group) is 1. The van der Waals surface area contributed by atoms with E-state index in [1.54, 1.807) is 20.0 Å². The van der Waals surface area contributed by atoms with Crippen molar-refractivity contribution in [3.8, 4) is 0 Å². The van der Waals surface area contributed by atoms with Gasteiger partial charge in [0.05, 0.1) is 5.69 Å². The largest absolute Gasteiger partial charge is 0.446 e. The van der Waals surface area contributed by atoms with Crippen molar-refractivity contribution >= 4 is 34.0 Å². The van der Waals surface area contributed by atoms with Crippen LogP contribution in [0.2, 0.25) is 0 Å². The van der Waals surface area contributed by atoms with Crippen molar-refractivity contribution in [3.05, 3.63) is 28.2 Å². The number of rotatable bonds is 2.